The van der Waals surface area contributed by atoms with E-state index in [1.807, 2.05) is 60.7 Å². The largest absolute Gasteiger partial charge is 0.333 e. The Kier molecular flexibility index (Phi) is 6.92. The maximum atomic E-state index is 10.6. The van der Waals surface area contributed by atoms with Crippen molar-refractivity contribution in [3.63, 3.8) is 0 Å². The lowest BCUT2D eigenvalue weighted by molar-refractivity contribution is 0.512. The minimum absolute atomic E-state index is 0.00879. The summed E-state index contributed by atoms with van der Waals surface area (Å²) in [7, 11) is 0. The molecule has 1 aliphatic carbocycles. The molecule has 0 amide bonds. The number of nitrogens with zero attached hydrogens (tertiary/aromatic N) is 5. The quantitative estimate of drug-likeness (QED) is 0.190. The molecule has 0 saturated carbocycles. The molecule has 2 aromatic heterocycles. The van der Waals surface area contributed by atoms with Crippen LogP contribution in [0.25, 0.3) is 66.0 Å². The molecule has 0 aliphatic heterocycles. The summed E-state index contributed by atoms with van der Waals surface area (Å²) >= 11 is 0. The van der Waals surface area contributed by atoms with Crippen molar-refractivity contribution in [1.82, 2.24) is 9.13 Å². The Morgan fingerprint density at radius 3 is 1.96 bits per heavy atom. The summed E-state index contributed by atoms with van der Waals surface area (Å²) in [4.78, 5) is 0. The average Bonchev–Trinajstić information content (AvgIpc) is 3.70. The highest BCUT2D eigenvalue weighted by molar-refractivity contribution is 6.12. The molecule has 0 saturated heterocycles. The number of fused-ring (bicyclic) bond motifs is 6. The number of nitriles is 3. The molecule has 5 heteroatoms. The van der Waals surface area contributed by atoms with Crippen molar-refractivity contribution in [2.45, 2.75) is 13.0 Å². The first-order valence-corrected chi connectivity index (χ1v) is 17.0. The Labute approximate surface area is 295 Å². The van der Waals surface area contributed by atoms with Crippen LogP contribution in [0, 0.1) is 39.9 Å². The predicted octanol–water partition coefficient (Wildman–Crippen LogP) is 11.0. The van der Waals surface area contributed by atoms with Crippen LogP contribution < -0.4 is 0 Å². The lowest BCUT2D eigenvalue weighted by Crippen LogP contribution is -2.16. The third-order valence-corrected chi connectivity index (χ3v) is 10.3. The Balaban J connectivity index is 1.30. The second-order valence-electron chi connectivity index (χ2n) is 13.1. The Morgan fingerprint density at radius 2 is 1.22 bits per heavy atom. The van der Waals surface area contributed by atoms with Crippen molar-refractivity contribution in [3.8, 4) is 35.0 Å². The summed E-state index contributed by atoms with van der Waals surface area (Å²) < 4.78 is 4.58. The van der Waals surface area contributed by atoms with Gasteiger partial charge in [-0.15, -0.1) is 0 Å². The zero-order valence-electron chi connectivity index (χ0n) is 27.7. The fraction of sp³-hybridized carbons (Fsp3) is 0.0652. The monoisotopic (exact) mass is 651 g/mol. The van der Waals surface area contributed by atoms with E-state index < -0.39 is 0 Å². The molecular weight excluding hydrogens is 623 g/mol. The number of hydrogen-bond acceptors (Lipinski definition) is 3. The zero-order valence-corrected chi connectivity index (χ0v) is 27.7. The lowest BCUT2D eigenvalue weighted by Gasteiger charge is -2.28. The van der Waals surface area contributed by atoms with Crippen LogP contribution in [0.2, 0.25) is 0 Å². The standard InChI is InChI=1S/C46H29N5/c1-29-20-22-31(25-44(29)50-40-17-5-2-12-34(40)35-13-3-6-18-41(35)50)45-32(27-48)10-8-15-37(45)36-14-4-7-19-42(36)51-43-23-21-30(26-47)24-39(43)38-16-9-11-33(28-49)46(38)51/h2-25,29,44H,1H3. The normalized spacial score (nSPS) is 15.5. The molecule has 0 spiro atoms. The van der Waals surface area contributed by atoms with E-state index in [0.29, 0.717) is 16.7 Å². The summed E-state index contributed by atoms with van der Waals surface area (Å²) in [5, 5.41) is 34.9. The minimum Gasteiger partial charge on any atom is -0.333 e. The Hall–Kier alpha value is -7.13. The summed E-state index contributed by atoms with van der Waals surface area (Å²) in [5.41, 5.74) is 10.3. The number of benzene rings is 6. The highest BCUT2D eigenvalue weighted by Crippen LogP contribution is 2.44. The third kappa shape index (κ3) is 4.52. The molecule has 6 aromatic carbocycles. The van der Waals surface area contributed by atoms with Gasteiger partial charge in [-0.2, -0.15) is 15.8 Å². The first kappa shape index (κ1) is 30.0. The molecular formula is C46H29N5. The molecule has 8 aromatic rings. The van der Waals surface area contributed by atoms with Crippen LogP contribution in [-0.2, 0) is 0 Å². The van der Waals surface area contributed by atoms with E-state index >= 15 is 0 Å². The van der Waals surface area contributed by atoms with Crippen molar-refractivity contribution in [1.29, 1.82) is 15.8 Å². The van der Waals surface area contributed by atoms with Gasteiger partial charge in [-0.3, -0.25) is 0 Å². The van der Waals surface area contributed by atoms with Crippen molar-refractivity contribution < 1.29 is 0 Å². The molecule has 9 rings (SSSR count). The highest BCUT2D eigenvalue weighted by atomic mass is 15.0. The number of hydrogen-bond donors (Lipinski definition) is 0. The Bertz CT molecular complexity index is 2880. The van der Waals surface area contributed by atoms with Gasteiger partial charge < -0.3 is 9.13 Å². The maximum Gasteiger partial charge on any atom is 0.101 e. The second kappa shape index (κ2) is 11.8. The number of aromatic nitrogens is 2. The van der Waals surface area contributed by atoms with Crippen LogP contribution in [0.1, 0.15) is 35.2 Å². The topological polar surface area (TPSA) is 81.2 Å². The molecule has 0 radical (unpaired) electrons. The van der Waals surface area contributed by atoms with Gasteiger partial charge in [-0.1, -0.05) is 104 Å². The Morgan fingerprint density at radius 1 is 0.569 bits per heavy atom. The van der Waals surface area contributed by atoms with E-state index in [4.69, 9.17) is 0 Å². The van der Waals surface area contributed by atoms with Gasteiger partial charge in [0.2, 0.25) is 0 Å². The van der Waals surface area contributed by atoms with Gasteiger partial charge in [-0.25, -0.2) is 0 Å². The van der Waals surface area contributed by atoms with Crippen LogP contribution in [0.15, 0.2) is 146 Å². The number of para-hydroxylation sites is 4. The maximum absolute atomic E-state index is 10.6. The van der Waals surface area contributed by atoms with E-state index in [9.17, 15) is 15.8 Å². The molecule has 0 fully saturated rings. The van der Waals surface area contributed by atoms with Crippen molar-refractivity contribution in [2.24, 2.45) is 5.92 Å². The fourth-order valence-corrected chi connectivity index (χ4v) is 8.07. The van der Waals surface area contributed by atoms with Crippen molar-refractivity contribution >= 4 is 49.2 Å². The fourth-order valence-electron chi connectivity index (χ4n) is 8.07. The smallest absolute Gasteiger partial charge is 0.101 e. The number of allylic oxidation sites excluding steroid dienone is 4. The van der Waals surface area contributed by atoms with Gasteiger partial charge in [-0.05, 0) is 65.6 Å². The van der Waals surface area contributed by atoms with E-state index in [2.05, 4.69) is 119 Å². The zero-order chi connectivity index (χ0) is 34.6. The molecule has 2 heterocycles. The molecule has 5 nitrogen and oxygen atoms in total. The summed E-state index contributed by atoms with van der Waals surface area (Å²) in [6.07, 6.45) is 6.74. The summed E-state index contributed by atoms with van der Waals surface area (Å²) in [6.45, 7) is 2.25. The van der Waals surface area contributed by atoms with Gasteiger partial charge in [0.25, 0.3) is 0 Å². The van der Waals surface area contributed by atoms with E-state index in [1.165, 1.54) is 21.8 Å². The summed E-state index contributed by atoms with van der Waals surface area (Å²) in [6, 6.07) is 49.9. The van der Waals surface area contributed by atoms with Gasteiger partial charge in [0, 0.05) is 43.7 Å². The third-order valence-electron chi connectivity index (χ3n) is 10.3. The van der Waals surface area contributed by atoms with Gasteiger partial charge in [0.1, 0.15) is 6.07 Å². The number of rotatable bonds is 4. The first-order valence-electron chi connectivity index (χ1n) is 17.0. The highest BCUT2D eigenvalue weighted by Gasteiger charge is 2.26. The SMILES string of the molecule is CC1C=CC(c2c(C#N)cccc2-c2ccccc2-n2c3ccc(C#N)cc3c3cccc(C#N)c32)=CC1n1c2ccccc2c2ccccc21. The molecule has 2 atom stereocenters. The molecule has 238 valence electrons. The molecule has 2 unspecified atom stereocenters. The minimum atomic E-state index is 0.00879. The van der Waals surface area contributed by atoms with Gasteiger partial charge >= 0.3 is 0 Å². The van der Waals surface area contributed by atoms with Crippen LogP contribution in [0.5, 0.6) is 0 Å². The molecule has 0 N–H and O–H groups in total. The van der Waals surface area contributed by atoms with Crippen LogP contribution >= 0.6 is 0 Å². The van der Waals surface area contributed by atoms with Crippen LogP contribution in [0.4, 0.5) is 0 Å². The van der Waals surface area contributed by atoms with Crippen molar-refractivity contribution in [2.75, 3.05) is 0 Å². The molecule has 0 bridgehead atoms. The van der Waals surface area contributed by atoms with Crippen LogP contribution in [-0.4, -0.2) is 9.13 Å². The van der Waals surface area contributed by atoms with Crippen molar-refractivity contribution in [3.05, 3.63) is 168 Å². The van der Waals surface area contributed by atoms with Gasteiger partial charge in [0.15, 0.2) is 0 Å². The first-order chi connectivity index (χ1) is 25.1. The van der Waals surface area contributed by atoms with E-state index in [0.717, 1.165) is 49.8 Å². The van der Waals surface area contributed by atoms with E-state index in [1.54, 1.807) is 0 Å². The second-order valence-corrected chi connectivity index (χ2v) is 13.1. The van der Waals surface area contributed by atoms with Crippen LogP contribution in [0.3, 0.4) is 0 Å². The summed E-state index contributed by atoms with van der Waals surface area (Å²) in [5.74, 6) is 0.207. The predicted molar refractivity (Wildman–Crippen MR) is 205 cm³/mol. The lowest BCUT2D eigenvalue weighted by atomic mass is 9.84. The van der Waals surface area contributed by atoms with Gasteiger partial charge in [0.05, 0.1) is 51.6 Å². The average molecular weight is 652 g/mol. The van der Waals surface area contributed by atoms with E-state index in [-0.39, 0.29) is 12.0 Å². The molecule has 51 heavy (non-hydrogen) atoms. The molecule has 1 aliphatic rings.